The van der Waals surface area contributed by atoms with Gasteiger partial charge in [0.25, 0.3) is 11.8 Å². The van der Waals surface area contributed by atoms with E-state index in [1.807, 2.05) is 36.4 Å². The van der Waals surface area contributed by atoms with Crippen LogP contribution in [0.4, 0.5) is 11.4 Å². The van der Waals surface area contributed by atoms with Gasteiger partial charge in [-0.2, -0.15) is 0 Å². The van der Waals surface area contributed by atoms with E-state index < -0.39 is 10.8 Å². The summed E-state index contributed by atoms with van der Waals surface area (Å²) in [6.45, 7) is 0.208. The van der Waals surface area contributed by atoms with Crippen molar-refractivity contribution in [2.24, 2.45) is 0 Å². The maximum atomic E-state index is 13.7. The first-order chi connectivity index (χ1) is 16.9. The lowest BCUT2D eigenvalue weighted by atomic mass is 10.1. The molecule has 1 atom stereocenters. The van der Waals surface area contributed by atoms with Gasteiger partial charge >= 0.3 is 0 Å². The van der Waals surface area contributed by atoms with Crippen LogP contribution in [0.15, 0.2) is 101 Å². The Bertz CT molecular complexity index is 1510. The highest BCUT2D eigenvalue weighted by molar-refractivity contribution is 14.1. The van der Waals surface area contributed by atoms with E-state index in [-0.39, 0.29) is 18.4 Å². The number of carbonyl (C=O) groups excluding carboxylic acids is 2. The Kier molecular flexibility index (Phi) is 6.73. The molecule has 0 bridgehead atoms. The summed E-state index contributed by atoms with van der Waals surface area (Å²) < 4.78 is 14.5. The lowest BCUT2D eigenvalue weighted by Gasteiger charge is -2.24. The van der Waals surface area contributed by atoms with Crippen molar-refractivity contribution in [3.63, 3.8) is 0 Å². The molecule has 0 saturated carbocycles. The second kappa shape index (κ2) is 9.93. The molecule has 8 heteroatoms. The molecule has 1 unspecified atom stereocenters. The van der Waals surface area contributed by atoms with Gasteiger partial charge in [-0.15, -0.1) is 0 Å². The van der Waals surface area contributed by atoms with E-state index in [4.69, 9.17) is 11.6 Å². The third-order valence-electron chi connectivity index (χ3n) is 5.63. The molecule has 1 N–H and O–H groups in total. The minimum absolute atomic E-state index is 0.208. The van der Waals surface area contributed by atoms with Crippen molar-refractivity contribution in [2.45, 2.75) is 16.3 Å². The lowest BCUT2D eigenvalue weighted by Crippen LogP contribution is -2.30. The standard InChI is InChI=1S/C27H18ClIN2O3S/c28-19-7-5-6-17(14-19)16-31-23-15-18(26(32)30-22-10-3-2-9-21(22)29)12-13-25(23)35(34)24-11-4-1-8-20(24)27(31)33/h1-15H,16H2,(H,30,32). The number of nitrogens with zero attached hydrogens (tertiary/aromatic N) is 1. The van der Waals surface area contributed by atoms with Gasteiger partial charge in [0.1, 0.15) is 0 Å². The highest BCUT2D eigenvalue weighted by Crippen LogP contribution is 2.36. The summed E-state index contributed by atoms with van der Waals surface area (Å²) >= 11 is 8.34. The monoisotopic (exact) mass is 612 g/mol. The molecular formula is C27H18ClIN2O3S. The molecule has 0 spiro atoms. The number of benzene rings is 4. The topological polar surface area (TPSA) is 66.5 Å². The first kappa shape index (κ1) is 23.7. The predicted molar refractivity (Wildman–Crippen MR) is 147 cm³/mol. The maximum Gasteiger partial charge on any atom is 0.259 e. The molecule has 0 aromatic heterocycles. The average Bonchev–Trinajstić information content (AvgIpc) is 2.95. The van der Waals surface area contributed by atoms with E-state index in [0.717, 1.165) is 9.13 Å². The Balaban J connectivity index is 1.61. The second-order valence-electron chi connectivity index (χ2n) is 7.90. The minimum Gasteiger partial charge on any atom is -0.321 e. The zero-order valence-corrected chi connectivity index (χ0v) is 21.9. The van der Waals surface area contributed by atoms with Crippen LogP contribution < -0.4 is 10.2 Å². The summed E-state index contributed by atoms with van der Waals surface area (Å²) in [5, 5.41) is 3.47. The van der Waals surface area contributed by atoms with Crippen molar-refractivity contribution in [2.75, 3.05) is 10.2 Å². The normalized spacial score (nSPS) is 14.6. The smallest absolute Gasteiger partial charge is 0.259 e. The molecule has 0 radical (unpaired) electrons. The second-order valence-corrected chi connectivity index (χ2v) is 10.9. The summed E-state index contributed by atoms with van der Waals surface area (Å²) in [6.07, 6.45) is 0. The van der Waals surface area contributed by atoms with Crippen LogP contribution in [0.1, 0.15) is 26.3 Å². The van der Waals surface area contributed by atoms with Crippen LogP contribution in [0.5, 0.6) is 0 Å². The zero-order chi connectivity index (χ0) is 24.5. The molecule has 0 aliphatic carbocycles. The van der Waals surface area contributed by atoms with E-state index in [0.29, 0.717) is 37.3 Å². The molecule has 4 aromatic rings. The van der Waals surface area contributed by atoms with Crippen LogP contribution in [-0.4, -0.2) is 16.0 Å². The molecule has 0 fully saturated rings. The van der Waals surface area contributed by atoms with E-state index in [1.165, 1.54) is 0 Å². The van der Waals surface area contributed by atoms with Crippen LogP contribution in [0.3, 0.4) is 0 Å². The number of nitrogens with one attached hydrogen (secondary N) is 1. The van der Waals surface area contributed by atoms with E-state index in [9.17, 15) is 13.8 Å². The number of hydrogen-bond donors (Lipinski definition) is 1. The van der Waals surface area contributed by atoms with Gasteiger partial charge in [-0.1, -0.05) is 48.0 Å². The summed E-state index contributed by atoms with van der Waals surface area (Å²) in [7, 11) is -1.60. The van der Waals surface area contributed by atoms with Gasteiger partial charge in [-0.25, -0.2) is 4.21 Å². The first-order valence-electron chi connectivity index (χ1n) is 10.7. The van der Waals surface area contributed by atoms with E-state index in [1.54, 1.807) is 59.5 Å². The fraction of sp³-hybridized carbons (Fsp3) is 0.0370. The summed E-state index contributed by atoms with van der Waals surface area (Å²) in [5.74, 6) is -0.609. The van der Waals surface area contributed by atoms with E-state index in [2.05, 4.69) is 27.9 Å². The van der Waals surface area contributed by atoms with Crippen molar-refractivity contribution in [3.05, 3.63) is 116 Å². The highest BCUT2D eigenvalue weighted by atomic mass is 127. The first-order valence-corrected chi connectivity index (χ1v) is 13.3. The number of fused-ring (bicyclic) bond motifs is 2. The number of carbonyl (C=O) groups is 2. The molecule has 1 heterocycles. The fourth-order valence-electron chi connectivity index (χ4n) is 3.94. The Morgan fingerprint density at radius 3 is 2.49 bits per heavy atom. The number of anilines is 2. The quantitative estimate of drug-likeness (QED) is 0.267. The SMILES string of the molecule is O=C(Nc1ccccc1I)c1ccc2c(c1)N(Cc1cccc(Cl)c1)C(=O)c1ccccc1S2=O. The lowest BCUT2D eigenvalue weighted by molar-refractivity contribution is 0.0979. The number of amides is 2. The van der Waals surface area contributed by atoms with Crippen LogP contribution >= 0.6 is 34.2 Å². The van der Waals surface area contributed by atoms with E-state index >= 15 is 0 Å². The zero-order valence-electron chi connectivity index (χ0n) is 18.2. The molecule has 0 saturated heterocycles. The molecule has 5 rings (SSSR count). The van der Waals surface area contributed by atoms with Crippen LogP contribution in [0, 0.1) is 3.57 Å². The molecular weight excluding hydrogens is 595 g/mol. The molecule has 1 aliphatic rings. The van der Waals surface area contributed by atoms with Crippen LogP contribution in [0.25, 0.3) is 0 Å². The van der Waals surface area contributed by atoms with Crippen molar-refractivity contribution in [3.8, 4) is 0 Å². The Labute approximate surface area is 223 Å². The van der Waals surface area contributed by atoms with Gasteiger partial charge < -0.3 is 10.2 Å². The largest absolute Gasteiger partial charge is 0.321 e. The van der Waals surface area contributed by atoms with Gasteiger partial charge in [-0.3, -0.25) is 9.59 Å². The summed E-state index contributed by atoms with van der Waals surface area (Å²) in [4.78, 5) is 29.3. The van der Waals surface area contributed by atoms with Crippen LogP contribution in [0.2, 0.25) is 5.02 Å². The molecule has 2 amide bonds. The Hall–Kier alpha value is -3.01. The Morgan fingerprint density at radius 1 is 0.914 bits per heavy atom. The predicted octanol–water partition coefficient (Wildman–Crippen LogP) is 6.52. The van der Waals surface area contributed by atoms with Gasteiger partial charge in [0.15, 0.2) is 0 Å². The average molecular weight is 613 g/mol. The van der Waals surface area contributed by atoms with Crippen molar-refractivity contribution < 1.29 is 13.8 Å². The number of halogens is 2. The Morgan fingerprint density at radius 2 is 1.69 bits per heavy atom. The van der Waals surface area contributed by atoms with Crippen molar-refractivity contribution in [1.29, 1.82) is 0 Å². The third-order valence-corrected chi connectivity index (χ3v) is 8.30. The molecule has 1 aliphatic heterocycles. The molecule has 174 valence electrons. The third kappa shape index (κ3) is 4.76. The van der Waals surface area contributed by atoms with Gasteiger partial charge in [0, 0.05) is 14.2 Å². The van der Waals surface area contributed by atoms with Gasteiger partial charge in [-0.05, 0) is 82.8 Å². The number of hydrogen-bond acceptors (Lipinski definition) is 3. The van der Waals surface area contributed by atoms with Crippen LogP contribution in [-0.2, 0) is 17.3 Å². The summed E-state index contributed by atoms with van der Waals surface area (Å²) in [5.41, 5.74) is 2.66. The maximum absolute atomic E-state index is 13.7. The number of para-hydroxylation sites is 1. The molecule has 35 heavy (non-hydrogen) atoms. The molecule has 4 aromatic carbocycles. The highest BCUT2D eigenvalue weighted by Gasteiger charge is 2.31. The minimum atomic E-state index is -1.60. The van der Waals surface area contributed by atoms with Crippen molar-refractivity contribution >= 4 is 68.2 Å². The molecule has 5 nitrogen and oxygen atoms in total. The van der Waals surface area contributed by atoms with Gasteiger partial charge in [0.2, 0.25) is 0 Å². The van der Waals surface area contributed by atoms with Crippen molar-refractivity contribution in [1.82, 2.24) is 0 Å². The van der Waals surface area contributed by atoms with Gasteiger partial charge in [0.05, 0.1) is 44.1 Å². The summed E-state index contributed by atoms with van der Waals surface area (Å²) in [6, 6.07) is 26.5. The fourth-order valence-corrected chi connectivity index (χ4v) is 6.02. The number of rotatable bonds is 4.